The average molecular weight is 305 g/mol. The zero-order valence-electron chi connectivity index (χ0n) is 10.6. The first-order valence-corrected chi connectivity index (χ1v) is 6.81. The van der Waals surface area contributed by atoms with E-state index in [2.05, 4.69) is 5.32 Å². The Labute approximate surface area is 120 Å². The fraction of sp³-hybridized carbons (Fsp3) is 0.333. The number of hydrogen-bond acceptors (Lipinski definition) is 3. The van der Waals surface area contributed by atoms with Crippen LogP contribution in [0.15, 0.2) is 23.1 Å². The Bertz CT molecular complexity index is 483. The summed E-state index contributed by atoms with van der Waals surface area (Å²) in [4.78, 5) is 24.8. The molecule has 0 aromatic heterocycles. The van der Waals surface area contributed by atoms with Gasteiger partial charge in [-0.1, -0.05) is 11.6 Å². The molecule has 1 rings (SSSR count). The van der Waals surface area contributed by atoms with Crippen LogP contribution in [0.25, 0.3) is 0 Å². The van der Waals surface area contributed by atoms with Crippen molar-refractivity contribution in [1.29, 1.82) is 0 Å². The second kappa shape index (κ2) is 7.35. The second-order valence-electron chi connectivity index (χ2n) is 3.93. The highest BCUT2D eigenvalue weighted by molar-refractivity contribution is 8.00. The van der Waals surface area contributed by atoms with Crippen LogP contribution in [0.2, 0.25) is 5.02 Å². The van der Waals surface area contributed by atoms with Crippen molar-refractivity contribution >= 4 is 35.2 Å². The van der Waals surface area contributed by atoms with E-state index in [0.717, 1.165) is 0 Å². The highest BCUT2D eigenvalue weighted by Crippen LogP contribution is 2.23. The van der Waals surface area contributed by atoms with Crippen molar-refractivity contribution in [1.82, 2.24) is 10.2 Å². The molecular weight excluding hydrogens is 291 g/mol. The van der Waals surface area contributed by atoms with Gasteiger partial charge in [-0.15, -0.1) is 11.8 Å². The van der Waals surface area contributed by atoms with Gasteiger partial charge in [0.25, 0.3) is 0 Å². The lowest BCUT2D eigenvalue weighted by Crippen LogP contribution is -2.36. The largest absolute Gasteiger partial charge is 0.347 e. The molecule has 0 aliphatic rings. The molecule has 0 heterocycles. The van der Waals surface area contributed by atoms with Crippen molar-refractivity contribution in [2.24, 2.45) is 0 Å². The van der Waals surface area contributed by atoms with Crippen LogP contribution in [-0.4, -0.2) is 43.1 Å². The average Bonchev–Trinajstić information content (AvgIpc) is 2.37. The van der Waals surface area contributed by atoms with Crippen LogP contribution in [0, 0.1) is 5.82 Å². The Hall–Kier alpha value is -1.27. The molecule has 0 bridgehead atoms. The van der Waals surface area contributed by atoms with Gasteiger partial charge in [-0.2, -0.15) is 0 Å². The van der Waals surface area contributed by atoms with Gasteiger partial charge in [0.2, 0.25) is 11.8 Å². The maximum atomic E-state index is 12.9. The van der Waals surface area contributed by atoms with Gasteiger partial charge in [-0.25, -0.2) is 4.39 Å². The van der Waals surface area contributed by atoms with Gasteiger partial charge in [0.05, 0.1) is 17.3 Å². The number of halogens is 2. The van der Waals surface area contributed by atoms with Crippen LogP contribution in [0.4, 0.5) is 4.39 Å². The highest BCUT2D eigenvalue weighted by atomic mass is 35.5. The third-order valence-corrected chi connectivity index (χ3v) is 3.48. The number of carbonyl (C=O) groups excluding carboxylic acids is 2. The Morgan fingerprint density at radius 3 is 2.68 bits per heavy atom. The van der Waals surface area contributed by atoms with Crippen molar-refractivity contribution in [3.8, 4) is 0 Å². The molecule has 0 unspecified atom stereocenters. The standard InChI is InChI=1S/C12H14ClFN2O2S/c1-16(2)12(18)6-15-11(17)7-19-8-3-4-10(14)9(13)5-8/h3-5H,6-7H2,1-2H3,(H,15,17). The Kier molecular flexibility index (Phi) is 6.11. The van der Waals surface area contributed by atoms with E-state index in [-0.39, 0.29) is 29.1 Å². The lowest BCUT2D eigenvalue weighted by molar-refractivity contribution is -0.130. The molecule has 104 valence electrons. The van der Waals surface area contributed by atoms with E-state index < -0.39 is 5.82 Å². The summed E-state index contributed by atoms with van der Waals surface area (Å²) in [5, 5.41) is 2.52. The summed E-state index contributed by atoms with van der Waals surface area (Å²) >= 11 is 6.85. The maximum Gasteiger partial charge on any atom is 0.241 e. The molecule has 7 heteroatoms. The number of nitrogens with one attached hydrogen (secondary N) is 1. The quantitative estimate of drug-likeness (QED) is 0.844. The zero-order chi connectivity index (χ0) is 14.4. The molecule has 1 N–H and O–H groups in total. The molecule has 0 fully saturated rings. The number of benzene rings is 1. The first-order chi connectivity index (χ1) is 8.90. The highest BCUT2D eigenvalue weighted by Gasteiger charge is 2.08. The Morgan fingerprint density at radius 2 is 2.11 bits per heavy atom. The lowest BCUT2D eigenvalue weighted by Gasteiger charge is -2.10. The minimum absolute atomic E-state index is 0.0215. The van der Waals surface area contributed by atoms with E-state index in [0.29, 0.717) is 4.90 Å². The molecule has 19 heavy (non-hydrogen) atoms. The molecule has 0 saturated carbocycles. The van der Waals surface area contributed by atoms with Crippen LogP contribution in [-0.2, 0) is 9.59 Å². The summed E-state index contributed by atoms with van der Waals surface area (Å²) in [5.74, 6) is -0.793. The van der Waals surface area contributed by atoms with Crippen molar-refractivity contribution < 1.29 is 14.0 Å². The number of carbonyl (C=O) groups is 2. The van der Waals surface area contributed by atoms with Crippen LogP contribution < -0.4 is 5.32 Å². The smallest absolute Gasteiger partial charge is 0.241 e. The van der Waals surface area contributed by atoms with Gasteiger partial charge < -0.3 is 10.2 Å². The van der Waals surface area contributed by atoms with Crippen LogP contribution in [0.3, 0.4) is 0 Å². The summed E-state index contributed by atoms with van der Waals surface area (Å²) in [6.45, 7) is -0.0312. The predicted octanol–water partition coefficient (Wildman–Crippen LogP) is 1.78. The fourth-order valence-corrected chi connectivity index (χ4v) is 2.11. The van der Waals surface area contributed by atoms with Crippen molar-refractivity contribution in [3.05, 3.63) is 29.0 Å². The van der Waals surface area contributed by atoms with Gasteiger partial charge in [0.15, 0.2) is 0 Å². The third-order valence-electron chi connectivity index (χ3n) is 2.20. The number of hydrogen-bond donors (Lipinski definition) is 1. The predicted molar refractivity (Wildman–Crippen MR) is 73.8 cm³/mol. The summed E-state index contributed by atoms with van der Waals surface area (Å²) in [6, 6.07) is 4.25. The molecule has 0 atom stereocenters. The topological polar surface area (TPSA) is 49.4 Å². The first kappa shape index (κ1) is 15.8. The van der Waals surface area contributed by atoms with Crippen LogP contribution in [0.5, 0.6) is 0 Å². The van der Waals surface area contributed by atoms with E-state index in [1.807, 2.05) is 0 Å². The number of nitrogens with zero attached hydrogens (tertiary/aromatic N) is 1. The number of amides is 2. The summed E-state index contributed by atoms with van der Waals surface area (Å²) in [5.41, 5.74) is 0. The Morgan fingerprint density at radius 1 is 1.42 bits per heavy atom. The molecule has 0 spiro atoms. The number of rotatable bonds is 5. The SMILES string of the molecule is CN(C)C(=O)CNC(=O)CSc1ccc(F)c(Cl)c1. The monoisotopic (exact) mass is 304 g/mol. The normalized spacial score (nSPS) is 10.1. The molecule has 1 aromatic rings. The molecule has 0 aliphatic heterocycles. The molecule has 1 aromatic carbocycles. The minimum Gasteiger partial charge on any atom is -0.347 e. The summed E-state index contributed by atoms with van der Waals surface area (Å²) in [7, 11) is 3.23. The van der Waals surface area contributed by atoms with E-state index in [1.165, 1.54) is 28.8 Å². The van der Waals surface area contributed by atoms with Crippen LogP contribution in [0.1, 0.15) is 0 Å². The van der Waals surface area contributed by atoms with Gasteiger partial charge in [-0.05, 0) is 18.2 Å². The molecular formula is C12H14ClFN2O2S. The van der Waals surface area contributed by atoms with Crippen LogP contribution >= 0.6 is 23.4 Å². The third kappa shape index (κ3) is 5.48. The molecule has 0 aliphatic carbocycles. The summed E-state index contributed by atoms with van der Waals surface area (Å²) < 4.78 is 12.9. The van der Waals surface area contributed by atoms with Gasteiger partial charge in [-0.3, -0.25) is 9.59 Å². The van der Waals surface area contributed by atoms with E-state index in [4.69, 9.17) is 11.6 Å². The maximum absolute atomic E-state index is 12.9. The number of thioether (sulfide) groups is 1. The van der Waals surface area contributed by atoms with Crippen molar-refractivity contribution in [3.63, 3.8) is 0 Å². The van der Waals surface area contributed by atoms with Crippen molar-refractivity contribution in [2.45, 2.75) is 4.90 Å². The minimum atomic E-state index is -0.493. The zero-order valence-corrected chi connectivity index (χ0v) is 12.1. The second-order valence-corrected chi connectivity index (χ2v) is 5.39. The molecule has 4 nitrogen and oxygen atoms in total. The van der Waals surface area contributed by atoms with Crippen molar-refractivity contribution in [2.75, 3.05) is 26.4 Å². The van der Waals surface area contributed by atoms with E-state index in [9.17, 15) is 14.0 Å². The first-order valence-electron chi connectivity index (χ1n) is 5.45. The lowest BCUT2D eigenvalue weighted by atomic mass is 10.3. The van der Waals surface area contributed by atoms with Gasteiger partial charge >= 0.3 is 0 Å². The van der Waals surface area contributed by atoms with Gasteiger partial charge in [0, 0.05) is 19.0 Å². The fourth-order valence-electron chi connectivity index (χ4n) is 1.10. The van der Waals surface area contributed by atoms with E-state index >= 15 is 0 Å². The van der Waals surface area contributed by atoms with E-state index in [1.54, 1.807) is 20.2 Å². The molecule has 2 amide bonds. The van der Waals surface area contributed by atoms with Gasteiger partial charge in [0.1, 0.15) is 5.82 Å². The molecule has 0 saturated heterocycles. The Balaban J connectivity index is 2.38. The number of likely N-dealkylation sites (N-methyl/N-ethyl adjacent to an activating group) is 1. The molecule has 0 radical (unpaired) electrons. The summed E-state index contributed by atoms with van der Waals surface area (Å²) in [6.07, 6.45) is 0.